The quantitative estimate of drug-likeness (QED) is 0.455. The molecule has 31 heavy (non-hydrogen) atoms. The number of alkyl halides is 1. The highest BCUT2D eigenvalue weighted by molar-refractivity contribution is 7.85. The number of quaternary nitrogens is 1. The lowest BCUT2D eigenvalue weighted by molar-refractivity contribution is -0.847. The molecule has 10 nitrogen and oxygen atoms in total. The van der Waals surface area contributed by atoms with Crippen LogP contribution >= 0.6 is 0 Å². The van der Waals surface area contributed by atoms with Crippen molar-refractivity contribution in [2.45, 2.75) is 64.3 Å². The fourth-order valence-corrected chi connectivity index (χ4v) is 6.17. The number of carbonyl (C=O) groups excluding carboxylic acids is 1. The summed E-state index contributed by atoms with van der Waals surface area (Å²) in [5.74, 6) is -1.35. The molecule has 1 aromatic heterocycles. The molecule has 0 bridgehead atoms. The van der Waals surface area contributed by atoms with Crippen molar-refractivity contribution in [1.29, 1.82) is 5.26 Å². The van der Waals surface area contributed by atoms with Gasteiger partial charge >= 0.3 is 16.0 Å². The zero-order valence-electron chi connectivity index (χ0n) is 18.0. The Labute approximate surface area is 181 Å². The monoisotopic (exact) mass is 457 g/mol. The molecule has 1 saturated carbocycles. The molecule has 2 heterocycles. The summed E-state index contributed by atoms with van der Waals surface area (Å²) >= 11 is 0. The largest absolute Gasteiger partial charge is 0.329 e. The Morgan fingerprint density at radius 2 is 2.16 bits per heavy atom. The fourth-order valence-electron chi connectivity index (χ4n) is 5.16. The van der Waals surface area contributed by atoms with Gasteiger partial charge in [-0.15, -0.1) is 0 Å². The number of likely N-dealkylation sites (tertiary alicyclic amines) is 1. The highest BCUT2D eigenvalue weighted by Crippen LogP contribution is 2.50. The molecule has 1 amide bonds. The lowest BCUT2D eigenvalue weighted by atomic mass is 9.71. The van der Waals surface area contributed by atoms with E-state index in [1.54, 1.807) is 11.0 Å². The minimum Gasteiger partial charge on any atom is -0.299 e. The van der Waals surface area contributed by atoms with E-state index in [2.05, 4.69) is 29.2 Å². The Morgan fingerprint density at radius 3 is 2.74 bits per heavy atom. The number of amides is 1. The molecular weight excluding hydrogens is 427 g/mol. The van der Waals surface area contributed by atoms with Gasteiger partial charge in [0.2, 0.25) is 5.88 Å². The van der Waals surface area contributed by atoms with Crippen LogP contribution in [0, 0.1) is 22.7 Å². The molecule has 3 rings (SSSR count). The number of nitriles is 1. The van der Waals surface area contributed by atoms with Gasteiger partial charge in [0.15, 0.2) is 12.2 Å². The molecule has 0 radical (unpaired) electrons. The van der Waals surface area contributed by atoms with Crippen molar-refractivity contribution < 1.29 is 26.6 Å². The maximum Gasteiger partial charge on any atom is 0.329 e. The minimum absolute atomic E-state index is 0.226. The number of hydrogen-bond acceptors (Lipinski definition) is 7. The molecular formula is C19H30FN6O4S+. The Kier molecular flexibility index (Phi) is 6.27. The molecule has 5 atom stereocenters. The van der Waals surface area contributed by atoms with E-state index < -0.39 is 50.7 Å². The average Bonchev–Trinajstić information content (AvgIpc) is 3.33. The summed E-state index contributed by atoms with van der Waals surface area (Å²) in [5, 5.41) is 16.9. The second-order valence-electron chi connectivity index (χ2n) is 9.56. The first-order valence-electron chi connectivity index (χ1n) is 10.3. The van der Waals surface area contributed by atoms with Crippen LogP contribution in [0.1, 0.15) is 40.0 Å². The molecule has 1 saturated heterocycles. The van der Waals surface area contributed by atoms with Crippen LogP contribution < -0.4 is 5.32 Å². The Bertz CT molecular complexity index is 963. The van der Waals surface area contributed by atoms with E-state index in [9.17, 15) is 27.4 Å². The molecule has 172 valence electrons. The summed E-state index contributed by atoms with van der Waals surface area (Å²) in [6.45, 7) is 6.24. The first-order valence-corrected chi connectivity index (χ1v) is 11.9. The van der Waals surface area contributed by atoms with Crippen LogP contribution in [-0.2, 0) is 21.5 Å². The van der Waals surface area contributed by atoms with Crippen LogP contribution in [0.15, 0.2) is 12.7 Å². The smallest absolute Gasteiger partial charge is 0.299 e. The van der Waals surface area contributed by atoms with Gasteiger partial charge in [-0.25, -0.2) is 18.7 Å². The van der Waals surface area contributed by atoms with Crippen LogP contribution in [0.4, 0.5) is 4.39 Å². The number of nitrogens with zero attached hydrogens (tertiary/aromatic N) is 5. The second-order valence-corrected chi connectivity index (χ2v) is 11.0. The van der Waals surface area contributed by atoms with Gasteiger partial charge < -0.3 is 0 Å². The van der Waals surface area contributed by atoms with Crippen molar-refractivity contribution in [2.24, 2.45) is 11.3 Å². The van der Waals surface area contributed by atoms with Gasteiger partial charge in [-0.3, -0.25) is 14.6 Å². The molecule has 1 aromatic rings. The summed E-state index contributed by atoms with van der Waals surface area (Å²) in [7, 11) is -4.60. The van der Waals surface area contributed by atoms with Crippen LogP contribution in [0.25, 0.3) is 0 Å². The predicted molar refractivity (Wildman–Crippen MR) is 108 cm³/mol. The van der Waals surface area contributed by atoms with E-state index in [0.717, 1.165) is 12.8 Å². The number of hydrogen-bond donors (Lipinski definition) is 2. The van der Waals surface area contributed by atoms with Gasteiger partial charge in [-0.1, -0.05) is 13.8 Å². The molecule has 1 aliphatic carbocycles. The van der Waals surface area contributed by atoms with E-state index in [4.69, 9.17) is 0 Å². The molecule has 0 aromatic carbocycles. The lowest BCUT2D eigenvalue weighted by Gasteiger charge is -2.43. The van der Waals surface area contributed by atoms with Gasteiger partial charge in [0, 0.05) is 12.1 Å². The van der Waals surface area contributed by atoms with Crippen LogP contribution in [0.3, 0.4) is 0 Å². The third-order valence-electron chi connectivity index (χ3n) is 7.58. The maximum atomic E-state index is 14.1. The second kappa shape index (κ2) is 8.20. The van der Waals surface area contributed by atoms with E-state index in [0.29, 0.717) is 6.54 Å². The molecule has 2 N–H and O–H groups in total. The number of carbonyl (C=O) groups is 1. The molecule has 12 heteroatoms. The van der Waals surface area contributed by atoms with E-state index in [-0.39, 0.29) is 24.3 Å². The summed E-state index contributed by atoms with van der Waals surface area (Å²) in [4.78, 5) is 17.2. The van der Waals surface area contributed by atoms with Gasteiger partial charge in [-0.05, 0) is 31.1 Å². The van der Waals surface area contributed by atoms with Gasteiger partial charge in [-0.2, -0.15) is 18.8 Å². The third-order valence-corrected chi connectivity index (χ3v) is 8.37. The third kappa shape index (κ3) is 4.50. The van der Waals surface area contributed by atoms with Crippen LogP contribution in [0.2, 0.25) is 0 Å². The van der Waals surface area contributed by atoms with Gasteiger partial charge in [0.1, 0.15) is 31.8 Å². The van der Waals surface area contributed by atoms with Crippen molar-refractivity contribution in [1.82, 2.24) is 20.1 Å². The minimum atomic E-state index is -4.60. The van der Waals surface area contributed by atoms with E-state index in [1.165, 1.54) is 6.33 Å². The van der Waals surface area contributed by atoms with Crippen molar-refractivity contribution in [3.8, 4) is 6.07 Å². The Morgan fingerprint density at radius 1 is 1.45 bits per heavy atom. The summed E-state index contributed by atoms with van der Waals surface area (Å²) in [5.41, 5.74) is -0.692. The number of halogens is 1. The standard InChI is InChI=1S/C19H29FN6O4S/c1-18(2)14(9-25-12-22-11-24-25)4-5-19(18,3)23-8-17(27)26(13-31(28,29)30)10-15(20)6-16(26)7-21/h11-12,14-16,23H,4-6,8-10,13H2,1-3H3/p+1/t14-,15-,16+,19-,26?/m1/s1. The summed E-state index contributed by atoms with van der Waals surface area (Å²) < 4.78 is 47.6. The molecule has 2 fully saturated rings. The maximum absolute atomic E-state index is 14.1. The molecule has 1 unspecified atom stereocenters. The number of aromatic nitrogens is 3. The van der Waals surface area contributed by atoms with E-state index in [1.807, 2.05) is 13.0 Å². The van der Waals surface area contributed by atoms with Crippen molar-refractivity contribution in [2.75, 3.05) is 19.0 Å². The van der Waals surface area contributed by atoms with Crippen LogP contribution in [0.5, 0.6) is 0 Å². The van der Waals surface area contributed by atoms with Crippen LogP contribution in [-0.4, -0.2) is 74.8 Å². The van der Waals surface area contributed by atoms with Crippen molar-refractivity contribution in [3.63, 3.8) is 0 Å². The number of nitrogens with one attached hydrogen (secondary N) is 1. The van der Waals surface area contributed by atoms with E-state index >= 15 is 0 Å². The fraction of sp³-hybridized carbons (Fsp3) is 0.789. The zero-order chi connectivity index (χ0) is 23.1. The Hall–Kier alpha value is -1.94. The first-order chi connectivity index (χ1) is 14.3. The molecule has 0 spiro atoms. The summed E-state index contributed by atoms with van der Waals surface area (Å²) in [6, 6.07) is 0.710. The topological polar surface area (TPSA) is 138 Å². The average molecular weight is 458 g/mol. The Balaban J connectivity index is 1.76. The summed E-state index contributed by atoms with van der Waals surface area (Å²) in [6.07, 6.45) is 3.09. The highest BCUT2D eigenvalue weighted by atomic mass is 32.2. The van der Waals surface area contributed by atoms with Crippen molar-refractivity contribution >= 4 is 16.0 Å². The predicted octanol–water partition coefficient (Wildman–Crippen LogP) is 0.885. The highest BCUT2D eigenvalue weighted by Gasteiger charge is 2.56. The van der Waals surface area contributed by atoms with Gasteiger partial charge in [0.05, 0.1) is 6.42 Å². The zero-order valence-corrected chi connectivity index (χ0v) is 18.8. The molecule has 2 aliphatic rings. The first kappa shape index (κ1) is 23.7. The number of rotatable bonds is 7. The SMILES string of the molecule is CC1(C)[C@@H](Cn2cncn2)CC[C@@]1(C)NCC(=O)[N+]1(CS(=O)(=O)O)C[C@H](F)C[C@H]1C#N. The molecule has 1 aliphatic heterocycles. The lowest BCUT2D eigenvalue weighted by Crippen LogP contribution is -2.63. The van der Waals surface area contributed by atoms with Gasteiger partial charge in [0.25, 0.3) is 0 Å². The van der Waals surface area contributed by atoms with Crippen molar-refractivity contribution in [3.05, 3.63) is 12.7 Å². The normalized spacial score (nSPS) is 35.2.